The lowest BCUT2D eigenvalue weighted by Crippen LogP contribution is -2.41. The van der Waals surface area contributed by atoms with Gasteiger partial charge in [0.25, 0.3) is 0 Å². The highest BCUT2D eigenvalue weighted by Gasteiger charge is 2.15. The number of aliphatic hydroxyl groups is 1. The van der Waals surface area contributed by atoms with E-state index in [9.17, 15) is 4.79 Å². The minimum atomic E-state index is -0.290. The van der Waals surface area contributed by atoms with E-state index in [1.54, 1.807) is 25.1 Å². The van der Waals surface area contributed by atoms with Gasteiger partial charge in [-0.15, -0.1) is 0 Å². The van der Waals surface area contributed by atoms with Crippen molar-refractivity contribution in [3.05, 3.63) is 24.1 Å². The maximum atomic E-state index is 12.0. The molecule has 1 heterocycles. The summed E-state index contributed by atoms with van der Waals surface area (Å²) < 4.78 is 5.39. The number of benzene rings is 1. The molecule has 0 aliphatic carbocycles. The summed E-state index contributed by atoms with van der Waals surface area (Å²) in [6.45, 7) is 5.84. The lowest BCUT2D eigenvalue weighted by molar-refractivity contribution is 0.227. The summed E-state index contributed by atoms with van der Waals surface area (Å²) in [6.07, 6.45) is 0.534. The van der Waals surface area contributed by atoms with E-state index in [0.717, 1.165) is 0 Å². The third-order valence-electron chi connectivity index (χ3n) is 3.31. The van der Waals surface area contributed by atoms with E-state index in [1.807, 2.05) is 13.8 Å². The van der Waals surface area contributed by atoms with E-state index < -0.39 is 0 Å². The van der Waals surface area contributed by atoms with Crippen molar-refractivity contribution in [2.75, 3.05) is 11.9 Å². The van der Waals surface area contributed by atoms with Crippen molar-refractivity contribution in [2.45, 2.75) is 33.2 Å². The summed E-state index contributed by atoms with van der Waals surface area (Å²) in [5.74, 6) is 0.845. The fraction of sp³-hybridized carbons (Fsp3) is 0.467. The third kappa shape index (κ3) is 3.95. The van der Waals surface area contributed by atoms with Crippen LogP contribution >= 0.6 is 0 Å². The number of aromatic nitrogens is 1. The molecule has 1 aromatic carbocycles. The average molecular weight is 291 g/mol. The lowest BCUT2D eigenvalue weighted by Gasteiger charge is -2.21. The van der Waals surface area contributed by atoms with E-state index in [1.165, 1.54) is 0 Å². The number of amides is 2. The van der Waals surface area contributed by atoms with Crippen molar-refractivity contribution >= 4 is 22.8 Å². The number of hydrogen-bond donors (Lipinski definition) is 3. The Kier molecular flexibility index (Phi) is 4.80. The monoisotopic (exact) mass is 291 g/mol. The maximum absolute atomic E-state index is 12.0. The minimum Gasteiger partial charge on any atom is -0.441 e. The Hall–Kier alpha value is -2.08. The summed E-state index contributed by atoms with van der Waals surface area (Å²) in [5.41, 5.74) is 2.06. The first-order chi connectivity index (χ1) is 9.99. The van der Waals surface area contributed by atoms with Gasteiger partial charge < -0.3 is 20.2 Å². The van der Waals surface area contributed by atoms with Crippen molar-refractivity contribution in [2.24, 2.45) is 5.92 Å². The molecule has 6 nitrogen and oxygen atoms in total. The van der Waals surface area contributed by atoms with Crippen LogP contribution in [0.1, 0.15) is 26.2 Å². The van der Waals surface area contributed by atoms with Gasteiger partial charge in [-0.3, -0.25) is 0 Å². The lowest BCUT2D eigenvalue weighted by atomic mass is 10.0. The van der Waals surface area contributed by atoms with Gasteiger partial charge >= 0.3 is 6.03 Å². The van der Waals surface area contributed by atoms with Gasteiger partial charge in [0.05, 0.1) is 0 Å². The number of anilines is 1. The SMILES string of the molecule is Cc1nc2cc(NC(=O)NC(CCO)C(C)C)ccc2o1. The highest BCUT2D eigenvalue weighted by Crippen LogP contribution is 2.19. The molecule has 0 saturated carbocycles. The molecule has 1 aromatic heterocycles. The standard InChI is InChI=1S/C15H21N3O3/c1-9(2)12(6-7-19)18-15(20)17-11-4-5-14-13(8-11)16-10(3)21-14/h4-5,8-9,12,19H,6-7H2,1-3H3,(H2,17,18,20). The molecule has 2 rings (SSSR count). The van der Waals surface area contributed by atoms with E-state index in [2.05, 4.69) is 15.6 Å². The Balaban J connectivity index is 2.03. The Morgan fingerprint density at radius 3 is 2.86 bits per heavy atom. The second kappa shape index (κ2) is 6.58. The predicted molar refractivity (Wildman–Crippen MR) is 81.2 cm³/mol. The first-order valence-corrected chi connectivity index (χ1v) is 7.05. The molecular formula is C15H21N3O3. The van der Waals surface area contributed by atoms with E-state index in [4.69, 9.17) is 9.52 Å². The molecule has 1 unspecified atom stereocenters. The van der Waals surface area contributed by atoms with Crippen LogP contribution < -0.4 is 10.6 Å². The number of rotatable bonds is 5. The largest absolute Gasteiger partial charge is 0.441 e. The number of urea groups is 1. The van der Waals surface area contributed by atoms with Gasteiger partial charge in [0.15, 0.2) is 11.5 Å². The number of aryl methyl sites for hydroxylation is 1. The first kappa shape index (κ1) is 15.3. The van der Waals surface area contributed by atoms with Gasteiger partial charge in [-0.1, -0.05) is 13.8 Å². The summed E-state index contributed by atoms with van der Waals surface area (Å²) in [5, 5.41) is 14.7. The fourth-order valence-corrected chi connectivity index (χ4v) is 2.17. The van der Waals surface area contributed by atoms with Gasteiger partial charge in [-0.25, -0.2) is 9.78 Å². The van der Waals surface area contributed by atoms with Gasteiger partial charge in [-0.05, 0) is 30.5 Å². The highest BCUT2D eigenvalue weighted by molar-refractivity contribution is 5.91. The molecule has 1 atom stereocenters. The highest BCUT2D eigenvalue weighted by atomic mass is 16.3. The van der Waals surface area contributed by atoms with Crippen molar-refractivity contribution < 1.29 is 14.3 Å². The Labute approximate surface area is 123 Å². The number of aliphatic hydroxyl groups excluding tert-OH is 1. The van der Waals surface area contributed by atoms with Crippen molar-refractivity contribution in [3.8, 4) is 0 Å². The van der Waals surface area contributed by atoms with Crippen LogP contribution in [0.4, 0.5) is 10.5 Å². The smallest absolute Gasteiger partial charge is 0.319 e. The Bertz CT molecular complexity index is 622. The molecule has 0 fully saturated rings. The van der Waals surface area contributed by atoms with E-state index in [-0.39, 0.29) is 24.6 Å². The zero-order chi connectivity index (χ0) is 15.4. The first-order valence-electron chi connectivity index (χ1n) is 7.05. The van der Waals surface area contributed by atoms with Crippen molar-refractivity contribution in [1.82, 2.24) is 10.3 Å². The number of hydrogen-bond acceptors (Lipinski definition) is 4. The third-order valence-corrected chi connectivity index (χ3v) is 3.31. The van der Waals surface area contributed by atoms with Gasteiger partial charge in [0.1, 0.15) is 5.52 Å². The molecule has 0 saturated heterocycles. The molecule has 0 aliphatic rings. The van der Waals surface area contributed by atoms with Crippen LogP contribution in [0, 0.1) is 12.8 Å². The van der Waals surface area contributed by atoms with E-state index >= 15 is 0 Å². The number of nitrogens with zero attached hydrogens (tertiary/aromatic N) is 1. The molecule has 114 valence electrons. The molecule has 21 heavy (non-hydrogen) atoms. The van der Waals surface area contributed by atoms with Crippen LogP contribution in [-0.4, -0.2) is 28.8 Å². The van der Waals surface area contributed by atoms with Crippen molar-refractivity contribution in [1.29, 1.82) is 0 Å². The second-order valence-electron chi connectivity index (χ2n) is 5.38. The second-order valence-corrected chi connectivity index (χ2v) is 5.38. The Morgan fingerprint density at radius 2 is 2.19 bits per heavy atom. The molecule has 0 aliphatic heterocycles. The zero-order valence-electron chi connectivity index (χ0n) is 12.5. The molecule has 3 N–H and O–H groups in total. The predicted octanol–water partition coefficient (Wildman–Crippen LogP) is 2.66. The van der Waals surface area contributed by atoms with Crippen LogP contribution in [0.3, 0.4) is 0 Å². The number of oxazole rings is 1. The molecule has 0 radical (unpaired) electrons. The molecular weight excluding hydrogens is 270 g/mol. The summed E-state index contributed by atoms with van der Waals surface area (Å²) in [4.78, 5) is 16.2. The van der Waals surface area contributed by atoms with Crippen LogP contribution in [0.15, 0.2) is 22.6 Å². The van der Waals surface area contributed by atoms with Gasteiger partial charge in [0, 0.05) is 25.3 Å². The van der Waals surface area contributed by atoms with Gasteiger partial charge in [-0.2, -0.15) is 0 Å². The van der Waals surface area contributed by atoms with Crippen LogP contribution in [0.5, 0.6) is 0 Å². The zero-order valence-corrected chi connectivity index (χ0v) is 12.5. The van der Waals surface area contributed by atoms with Crippen LogP contribution in [-0.2, 0) is 0 Å². The maximum Gasteiger partial charge on any atom is 0.319 e. The molecule has 0 bridgehead atoms. The van der Waals surface area contributed by atoms with Crippen LogP contribution in [0.2, 0.25) is 0 Å². The van der Waals surface area contributed by atoms with Gasteiger partial charge in [0.2, 0.25) is 0 Å². The normalized spacial score (nSPS) is 12.6. The number of fused-ring (bicyclic) bond motifs is 1. The molecule has 2 amide bonds. The van der Waals surface area contributed by atoms with E-state index in [0.29, 0.717) is 29.1 Å². The quantitative estimate of drug-likeness (QED) is 0.790. The minimum absolute atomic E-state index is 0.0489. The molecule has 0 spiro atoms. The summed E-state index contributed by atoms with van der Waals surface area (Å²) in [7, 11) is 0. The molecule has 6 heteroatoms. The number of carbonyl (C=O) groups is 1. The Morgan fingerprint density at radius 1 is 1.43 bits per heavy atom. The average Bonchev–Trinajstić information content (AvgIpc) is 2.77. The summed E-state index contributed by atoms with van der Waals surface area (Å²) >= 11 is 0. The van der Waals surface area contributed by atoms with Crippen molar-refractivity contribution in [3.63, 3.8) is 0 Å². The number of nitrogens with one attached hydrogen (secondary N) is 2. The topological polar surface area (TPSA) is 87.4 Å². The van der Waals surface area contributed by atoms with Crippen LogP contribution in [0.25, 0.3) is 11.1 Å². The summed E-state index contributed by atoms with van der Waals surface area (Å²) in [6, 6.07) is 4.96. The fourth-order valence-electron chi connectivity index (χ4n) is 2.17. The number of carbonyl (C=O) groups excluding carboxylic acids is 1. The molecule has 2 aromatic rings.